The molecule has 0 bridgehead atoms. The van der Waals surface area contributed by atoms with Gasteiger partial charge < -0.3 is 15.1 Å². The van der Waals surface area contributed by atoms with Gasteiger partial charge in [-0.1, -0.05) is 6.92 Å². The summed E-state index contributed by atoms with van der Waals surface area (Å²) in [5.41, 5.74) is 0. The fourth-order valence-corrected chi connectivity index (χ4v) is 3.11. The van der Waals surface area contributed by atoms with Gasteiger partial charge in [0.1, 0.15) is 0 Å². The average Bonchev–Trinajstić information content (AvgIpc) is 2.46. The van der Waals surface area contributed by atoms with E-state index in [0.29, 0.717) is 12.0 Å². The second-order valence-corrected chi connectivity index (χ2v) is 6.23. The van der Waals surface area contributed by atoms with Crippen LogP contribution in [0.1, 0.15) is 47.0 Å². The fourth-order valence-electron chi connectivity index (χ4n) is 3.11. The van der Waals surface area contributed by atoms with Crippen molar-refractivity contribution in [2.45, 2.75) is 59.0 Å². The SMILES string of the molecule is CCCN1CCCC(C(C)NC(C)C(=O)N(C)CC)C1. The van der Waals surface area contributed by atoms with Crippen LogP contribution >= 0.6 is 0 Å². The molecule has 3 unspecified atom stereocenters. The molecule has 1 rings (SSSR count). The number of hydrogen-bond acceptors (Lipinski definition) is 3. The van der Waals surface area contributed by atoms with Gasteiger partial charge in [-0.3, -0.25) is 4.79 Å². The molecule has 3 atom stereocenters. The maximum absolute atomic E-state index is 12.1. The van der Waals surface area contributed by atoms with E-state index >= 15 is 0 Å². The standard InChI is InChI=1S/C16H33N3O/c1-6-10-19-11-8-9-15(12-19)13(3)17-14(4)16(20)18(5)7-2/h13-15,17H,6-12H2,1-5H3. The minimum atomic E-state index is -0.0866. The van der Waals surface area contributed by atoms with Gasteiger partial charge in [-0.05, 0) is 59.0 Å². The quantitative estimate of drug-likeness (QED) is 0.776. The molecule has 4 nitrogen and oxygen atoms in total. The minimum Gasteiger partial charge on any atom is -0.345 e. The summed E-state index contributed by atoms with van der Waals surface area (Å²) in [5.74, 6) is 0.859. The van der Waals surface area contributed by atoms with Gasteiger partial charge in [0.15, 0.2) is 0 Å². The fraction of sp³-hybridized carbons (Fsp3) is 0.938. The van der Waals surface area contributed by atoms with E-state index in [4.69, 9.17) is 0 Å². The van der Waals surface area contributed by atoms with Gasteiger partial charge >= 0.3 is 0 Å². The Kier molecular flexibility index (Phi) is 7.52. The van der Waals surface area contributed by atoms with Crippen molar-refractivity contribution in [3.8, 4) is 0 Å². The normalized spacial score (nSPS) is 23.4. The lowest BCUT2D eigenvalue weighted by Crippen LogP contribution is -2.51. The molecule has 1 aliphatic rings. The summed E-state index contributed by atoms with van der Waals surface area (Å²) in [6, 6.07) is 0.315. The molecule has 1 aliphatic heterocycles. The maximum Gasteiger partial charge on any atom is 0.239 e. The highest BCUT2D eigenvalue weighted by molar-refractivity contribution is 5.81. The zero-order valence-corrected chi connectivity index (χ0v) is 14.0. The summed E-state index contributed by atoms with van der Waals surface area (Å²) in [4.78, 5) is 16.5. The Labute approximate surface area is 124 Å². The van der Waals surface area contributed by atoms with Gasteiger partial charge in [0, 0.05) is 26.2 Å². The maximum atomic E-state index is 12.1. The van der Waals surface area contributed by atoms with Crippen molar-refractivity contribution >= 4 is 5.91 Å². The lowest BCUT2D eigenvalue weighted by atomic mass is 9.91. The second-order valence-electron chi connectivity index (χ2n) is 6.23. The Bertz CT molecular complexity index is 293. The van der Waals surface area contributed by atoms with Gasteiger partial charge in [-0.2, -0.15) is 0 Å². The highest BCUT2D eigenvalue weighted by atomic mass is 16.2. The van der Waals surface area contributed by atoms with Crippen LogP contribution in [0.5, 0.6) is 0 Å². The zero-order valence-electron chi connectivity index (χ0n) is 14.0. The van der Waals surface area contributed by atoms with E-state index in [9.17, 15) is 4.79 Å². The lowest BCUT2D eigenvalue weighted by Gasteiger charge is -2.37. The number of piperidine rings is 1. The number of hydrogen-bond donors (Lipinski definition) is 1. The topological polar surface area (TPSA) is 35.6 Å². The molecule has 0 aromatic heterocycles. The van der Waals surface area contributed by atoms with Crippen molar-refractivity contribution in [1.82, 2.24) is 15.1 Å². The van der Waals surface area contributed by atoms with E-state index in [-0.39, 0.29) is 11.9 Å². The molecule has 0 aromatic rings. The summed E-state index contributed by atoms with van der Waals surface area (Å²) in [6.07, 6.45) is 3.79. The molecule has 0 radical (unpaired) electrons. The first-order valence-electron chi connectivity index (χ1n) is 8.22. The van der Waals surface area contributed by atoms with Crippen molar-refractivity contribution < 1.29 is 4.79 Å². The molecule has 0 aromatic carbocycles. The molecular weight excluding hydrogens is 250 g/mol. The molecule has 0 aliphatic carbocycles. The third-order valence-electron chi connectivity index (χ3n) is 4.52. The van der Waals surface area contributed by atoms with Gasteiger partial charge in [0.25, 0.3) is 0 Å². The number of rotatable bonds is 7. The number of likely N-dealkylation sites (N-methyl/N-ethyl adjacent to an activating group) is 1. The van der Waals surface area contributed by atoms with Crippen molar-refractivity contribution in [2.24, 2.45) is 5.92 Å². The molecule has 4 heteroatoms. The molecule has 1 amide bonds. The molecule has 1 heterocycles. The van der Waals surface area contributed by atoms with Crippen LogP contribution in [0.2, 0.25) is 0 Å². The van der Waals surface area contributed by atoms with E-state index in [1.807, 2.05) is 20.9 Å². The largest absolute Gasteiger partial charge is 0.345 e. The highest BCUT2D eigenvalue weighted by Crippen LogP contribution is 2.20. The third-order valence-corrected chi connectivity index (χ3v) is 4.52. The van der Waals surface area contributed by atoms with Gasteiger partial charge in [-0.25, -0.2) is 0 Å². The summed E-state index contributed by atoms with van der Waals surface area (Å²) >= 11 is 0. The van der Waals surface area contributed by atoms with Crippen LogP contribution in [0.3, 0.4) is 0 Å². The van der Waals surface area contributed by atoms with Crippen molar-refractivity contribution in [3.05, 3.63) is 0 Å². The van der Waals surface area contributed by atoms with Crippen LogP contribution in [0.15, 0.2) is 0 Å². The van der Waals surface area contributed by atoms with Crippen LogP contribution in [-0.2, 0) is 4.79 Å². The lowest BCUT2D eigenvalue weighted by molar-refractivity contribution is -0.131. The van der Waals surface area contributed by atoms with E-state index < -0.39 is 0 Å². The second kappa shape index (κ2) is 8.63. The van der Waals surface area contributed by atoms with Gasteiger partial charge in [0.2, 0.25) is 5.91 Å². The van der Waals surface area contributed by atoms with E-state index in [1.54, 1.807) is 4.90 Å². The number of likely N-dealkylation sites (tertiary alicyclic amines) is 1. The molecule has 0 spiro atoms. The number of nitrogens with one attached hydrogen (secondary N) is 1. The Hall–Kier alpha value is -0.610. The summed E-state index contributed by atoms with van der Waals surface area (Å²) in [5, 5.41) is 3.51. The molecule has 20 heavy (non-hydrogen) atoms. The molecule has 1 N–H and O–H groups in total. The minimum absolute atomic E-state index is 0.0866. The number of carbonyl (C=O) groups excluding carboxylic acids is 1. The first kappa shape index (κ1) is 17.4. The van der Waals surface area contributed by atoms with Crippen LogP contribution < -0.4 is 5.32 Å². The summed E-state index contributed by atoms with van der Waals surface area (Å²) in [6.45, 7) is 12.9. The first-order valence-corrected chi connectivity index (χ1v) is 8.22. The monoisotopic (exact) mass is 283 g/mol. The molecule has 118 valence electrons. The van der Waals surface area contributed by atoms with E-state index in [0.717, 1.165) is 6.54 Å². The number of nitrogens with zero attached hydrogens (tertiary/aromatic N) is 2. The predicted octanol–water partition coefficient (Wildman–Crippen LogP) is 1.95. The molecular formula is C16H33N3O. The van der Waals surface area contributed by atoms with Gasteiger partial charge in [0.05, 0.1) is 6.04 Å². The van der Waals surface area contributed by atoms with Crippen LogP contribution in [0.4, 0.5) is 0 Å². The van der Waals surface area contributed by atoms with Crippen molar-refractivity contribution in [3.63, 3.8) is 0 Å². The van der Waals surface area contributed by atoms with Crippen LogP contribution in [0, 0.1) is 5.92 Å². The number of amides is 1. The van der Waals surface area contributed by atoms with Crippen molar-refractivity contribution in [1.29, 1.82) is 0 Å². The third kappa shape index (κ3) is 5.06. The summed E-state index contributed by atoms with van der Waals surface area (Å²) < 4.78 is 0. The first-order chi connectivity index (χ1) is 9.49. The van der Waals surface area contributed by atoms with Gasteiger partial charge in [-0.15, -0.1) is 0 Å². The Morgan fingerprint density at radius 2 is 2.10 bits per heavy atom. The molecule has 0 saturated carbocycles. The van der Waals surface area contributed by atoms with E-state index in [1.165, 1.54) is 38.9 Å². The van der Waals surface area contributed by atoms with Crippen molar-refractivity contribution in [2.75, 3.05) is 33.2 Å². The zero-order chi connectivity index (χ0) is 15.1. The van der Waals surface area contributed by atoms with Crippen LogP contribution in [0.25, 0.3) is 0 Å². The molecule has 1 fully saturated rings. The average molecular weight is 283 g/mol. The number of carbonyl (C=O) groups is 1. The summed E-state index contributed by atoms with van der Waals surface area (Å²) in [7, 11) is 1.87. The Morgan fingerprint density at radius 3 is 2.70 bits per heavy atom. The van der Waals surface area contributed by atoms with Crippen LogP contribution in [-0.4, -0.2) is 61.0 Å². The highest BCUT2D eigenvalue weighted by Gasteiger charge is 2.26. The smallest absolute Gasteiger partial charge is 0.239 e. The van der Waals surface area contributed by atoms with E-state index in [2.05, 4.69) is 24.1 Å². The predicted molar refractivity (Wildman–Crippen MR) is 84.8 cm³/mol. The Balaban J connectivity index is 2.44. The Morgan fingerprint density at radius 1 is 1.40 bits per heavy atom. The molecule has 1 saturated heterocycles.